The third-order valence-electron chi connectivity index (χ3n) is 1.29. The standard InChI is InChI=1S/C5H11ClN2/c6-8-4-2-1-3-7-5-8/h7H,1-5H2. The molecular weight excluding hydrogens is 124 g/mol. The van der Waals surface area contributed by atoms with Crippen LogP contribution in [0.2, 0.25) is 0 Å². The van der Waals surface area contributed by atoms with Crippen molar-refractivity contribution in [2.45, 2.75) is 12.8 Å². The van der Waals surface area contributed by atoms with Gasteiger partial charge in [0.15, 0.2) is 0 Å². The molecule has 0 saturated carbocycles. The molecule has 0 aromatic heterocycles. The minimum Gasteiger partial charge on any atom is -0.303 e. The molecule has 3 heteroatoms. The number of rotatable bonds is 0. The Balaban J connectivity index is 2.17. The lowest BCUT2D eigenvalue weighted by molar-refractivity contribution is 0.449. The zero-order valence-corrected chi connectivity index (χ0v) is 5.62. The first kappa shape index (κ1) is 6.33. The van der Waals surface area contributed by atoms with Gasteiger partial charge in [-0.25, -0.2) is 4.42 Å². The van der Waals surface area contributed by atoms with Crippen LogP contribution in [0.3, 0.4) is 0 Å². The van der Waals surface area contributed by atoms with Crippen LogP contribution < -0.4 is 5.32 Å². The van der Waals surface area contributed by atoms with Crippen molar-refractivity contribution in [2.75, 3.05) is 19.8 Å². The molecule has 0 amide bonds. The summed E-state index contributed by atoms with van der Waals surface area (Å²) in [4.78, 5) is 0. The van der Waals surface area contributed by atoms with Gasteiger partial charge >= 0.3 is 0 Å². The van der Waals surface area contributed by atoms with Crippen molar-refractivity contribution in [3.63, 3.8) is 0 Å². The number of halogens is 1. The van der Waals surface area contributed by atoms with Gasteiger partial charge in [0.1, 0.15) is 0 Å². The third-order valence-corrected chi connectivity index (χ3v) is 1.58. The van der Waals surface area contributed by atoms with Gasteiger partial charge in [-0.05, 0) is 31.2 Å². The van der Waals surface area contributed by atoms with Crippen molar-refractivity contribution in [3.8, 4) is 0 Å². The lowest BCUT2D eigenvalue weighted by Crippen LogP contribution is -2.24. The van der Waals surface area contributed by atoms with Crippen molar-refractivity contribution >= 4 is 11.8 Å². The van der Waals surface area contributed by atoms with Crippen LogP contribution >= 0.6 is 11.8 Å². The highest BCUT2D eigenvalue weighted by Crippen LogP contribution is 1.99. The molecule has 0 aliphatic carbocycles. The molecule has 0 aromatic rings. The van der Waals surface area contributed by atoms with Crippen LogP contribution in [0.1, 0.15) is 12.8 Å². The molecule has 0 radical (unpaired) electrons. The second-order valence-corrected chi connectivity index (χ2v) is 2.53. The highest BCUT2D eigenvalue weighted by atomic mass is 35.5. The zero-order valence-electron chi connectivity index (χ0n) is 4.86. The monoisotopic (exact) mass is 134 g/mol. The van der Waals surface area contributed by atoms with Crippen LogP contribution in [-0.2, 0) is 0 Å². The Hall–Kier alpha value is 0.210. The number of hydrogen-bond donors (Lipinski definition) is 1. The van der Waals surface area contributed by atoms with E-state index >= 15 is 0 Å². The normalized spacial score (nSPS) is 25.1. The minimum absolute atomic E-state index is 0.835. The molecule has 1 N–H and O–H groups in total. The maximum atomic E-state index is 5.69. The Kier molecular flexibility index (Phi) is 2.59. The summed E-state index contributed by atoms with van der Waals surface area (Å²) >= 11 is 5.69. The van der Waals surface area contributed by atoms with Crippen molar-refractivity contribution in [1.29, 1.82) is 0 Å². The molecule has 0 atom stereocenters. The zero-order chi connectivity index (χ0) is 5.82. The fourth-order valence-electron chi connectivity index (χ4n) is 0.813. The van der Waals surface area contributed by atoms with E-state index in [0.29, 0.717) is 0 Å². The van der Waals surface area contributed by atoms with Gasteiger partial charge < -0.3 is 5.32 Å². The summed E-state index contributed by atoms with van der Waals surface area (Å²) in [5, 5.41) is 3.19. The topological polar surface area (TPSA) is 15.3 Å². The molecule has 1 fully saturated rings. The Morgan fingerprint density at radius 2 is 2.25 bits per heavy atom. The van der Waals surface area contributed by atoms with Crippen molar-refractivity contribution in [1.82, 2.24) is 9.74 Å². The predicted octanol–water partition coefficient (Wildman–Crippen LogP) is 0.783. The van der Waals surface area contributed by atoms with E-state index in [1.807, 2.05) is 0 Å². The molecule has 1 aliphatic rings. The number of nitrogens with zero attached hydrogens (tertiary/aromatic N) is 1. The first-order chi connectivity index (χ1) is 3.89. The van der Waals surface area contributed by atoms with Crippen LogP contribution in [-0.4, -0.2) is 24.2 Å². The molecule has 48 valence electrons. The van der Waals surface area contributed by atoms with Gasteiger partial charge in [-0.2, -0.15) is 0 Å². The SMILES string of the molecule is ClN1CCCCNC1. The molecule has 1 saturated heterocycles. The predicted molar refractivity (Wildman–Crippen MR) is 34.7 cm³/mol. The van der Waals surface area contributed by atoms with Gasteiger partial charge in [-0.15, -0.1) is 0 Å². The summed E-state index contributed by atoms with van der Waals surface area (Å²) in [6.45, 7) is 2.97. The molecule has 0 unspecified atom stereocenters. The van der Waals surface area contributed by atoms with E-state index in [4.69, 9.17) is 11.8 Å². The van der Waals surface area contributed by atoms with Crippen LogP contribution in [0.5, 0.6) is 0 Å². The highest BCUT2D eigenvalue weighted by Gasteiger charge is 2.02. The molecular formula is C5H11ClN2. The molecule has 2 nitrogen and oxygen atoms in total. The summed E-state index contributed by atoms with van der Waals surface area (Å²) in [5.74, 6) is 0. The van der Waals surface area contributed by atoms with Gasteiger partial charge in [0.05, 0.1) is 6.67 Å². The average molecular weight is 135 g/mol. The van der Waals surface area contributed by atoms with Gasteiger partial charge in [-0.3, -0.25) is 0 Å². The lowest BCUT2D eigenvalue weighted by Gasteiger charge is -2.07. The molecule has 0 aromatic carbocycles. The molecule has 1 heterocycles. The van der Waals surface area contributed by atoms with E-state index in [2.05, 4.69) is 5.32 Å². The Morgan fingerprint density at radius 3 is 3.12 bits per heavy atom. The second kappa shape index (κ2) is 3.28. The van der Waals surface area contributed by atoms with Crippen LogP contribution in [0.4, 0.5) is 0 Å². The van der Waals surface area contributed by atoms with Crippen LogP contribution in [0.15, 0.2) is 0 Å². The number of hydrogen-bond acceptors (Lipinski definition) is 2. The van der Waals surface area contributed by atoms with Gasteiger partial charge in [0.2, 0.25) is 0 Å². The largest absolute Gasteiger partial charge is 0.303 e. The van der Waals surface area contributed by atoms with Crippen LogP contribution in [0.25, 0.3) is 0 Å². The van der Waals surface area contributed by atoms with E-state index in [9.17, 15) is 0 Å². The summed E-state index contributed by atoms with van der Waals surface area (Å²) in [6.07, 6.45) is 2.47. The van der Waals surface area contributed by atoms with E-state index in [-0.39, 0.29) is 0 Å². The fourth-order valence-corrected chi connectivity index (χ4v) is 1.02. The van der Waals surface area contributed by atoms with E-state index in [1.165, 1.54) is 12.8 Å². The Morgan fingerprint density at radius 1 is 1.38 bits per heavy atom. The van der Waals surface area contributed by atoms with E-state index in [0.717, 1.165) is 19.8 Å². The number of nitrogens with one attached hydrogen (secondary N) is 1. The van der Waals surface area contributed by atoms with Crippen molar-refractivity contribution < 1.29 is 0 Å². The minimum atomic E-state index is 0.835. The lowest BCUT2D eigenvalue weighted by atomic mass is 10.3. The molecule has 0 spiro atoms. The van der Waals surface area contributed by atoms with Gasteiger partial charge in [0, 0.05) is 6.54 Å². The molecule has 8 heavy (non-hydrogen) atoms. The smallest absolute Gasteiger partial charge is 0.0628 e. The van der Waals surface area contributed by atoms with Gasteiger partial charge in [0.25, 0.3) is 0 Å². The Labute approximate surface area is 54.9 Å². The van der Waals surface area contributed by atoms with Crippen molar-refractivity contribution in [2.24, 2.45) is 0 Å². The molecule has 1 aliphatic heterocycles. The fraction of sp³-hybridized carbons (Fsp3) is 1.00. The maximum Gasteiger partial charge on any atom is 0.0628 e. The quantitative estimate of drug-likeness (QED) is 0.493. The molecule has 1 rings (SSSR count). The second-order valence-electron chi connectivity index (χ2n) is 2.05. The van der Waals surface area contributed by atoms with Gasteiger partial charge in [-0.1, -0.05) is 0 Å². The molecule has 0 bridgehead atoms. The summed E-state index contributed by atoms with van der Waals surface area (Å²) in [5.41, 5.74) is 0. The van der Waals surface area contributed by atoms with E-state index in [1.54, 1.807) is 4.42 Å². The first-order valence-electron chi connectivity index (χ1n) is 3.01. The first-order valence-corrected chi connectivity index (χ1v) is 3.35. The average Bonchev–Trinajstić information content (AvgIpc) is 1.94. The summed E-state index contributed by atoms with van der Waals surface area (Å²) < 4.78 is 1.78. The summed E-state index contributed by atoms with van der Waals surface area (Å²) in [6, 6.07) is 0. The highest BCUT2D eigenvalue weighted by molar-refractivity contribution is 6.13. The third kappa shape index (κ3) is 1.99. The van der Waals surface area contributed by atoms with E-state index < -0.39 is 0 Å². The Bertz CT molecular complexity index is 59.4. The summed E-state index contributed by atoms with van der Waals surface area (Å²) in [7, 11) is 0. The van der Waals surface area contributed by atoms with Crippen molar-refractivity contribution in [3.05, 3.63) is 0 Å². The maximum absolute atomic E-state index is 5.69. The van der Waals surface area contributed by atoms with Crippen LogP contribution in [0, 0.1) is 0 Å².